The van der Waals surface area contributed by atoms with E-state index in [4.69, 9.17) is 21.1 Å². The molecule has 1 N–H and O–H groups in total. The summed E-state index contributed by atoms with van der Waals surface area (Å²) >= 11 is 7.17. The van der Waals surface area contributed by atoms with Crippen molar-refractivity contribution in [3.63, 3.8) is 0 Å². The summed E-state index contributed by atoms with van der Waals surface area (Å²) in [5, 5.41) is 2.95. The van der Waals surface area contributed by atoms with Gasteiger partial charge in [0.1, 0.15) is 19.0 Å². The van der Waals surface area contributed by atoms with Gasteiger partial charge in [-0.2, -0.15) is 0 Å². The lowest BCUT2D eigenvalue weighted by Gasteiger charge is -2.23. The number of benzene rings is 2. The van der Waals surface area contributed by atoms with Gasteiger partial charge in [-0.1, -0.05) is 23.7 Å². The second-order valence-corrected chi connectivity index (χ2v) is 7.00. The molecule has 5 nitrogen and oxygen atoms in total. The minimum atomic E-state index is -0.486. The fraction of sp³-hybridized carbons (Fsp3) is 0.222. The summed E-state index contributed by atoms with van der Waals surface area (Å²) in [6, 6.07) is 14.4. The van der Waals surface area contributed by atoms with Crippen molar-refractivity contribution >= 4 is 40.9 Å². The van der Waals surface area contributed by atoms with E-state index in [1.165, 1.54) is 11.8 Å². The Morgan fingerprint density at radius 1 is 1.12 bits per heavy atom. The Labute approximate surface area is 154 Å². The number of nitrogens with one attached hydrogen (secondary N) is 1. The number of rotatable bonds is 6. The van der Waals surface area contributed by atoms with Gasteiger partial charge in [-0.15, -0.1) is 11.8 Å². The van der Waals surface area contributed by atoms with Crippen LogP contribution in [-0.2, 0) is 14.3 Å². The molecular weight excluding hydrogens is 362 g/mol. The van der Waals surface area contributed by atoms with Crippen molar-refractivity contribution in [2.45, 2.75) is 16.6 Å². The molecule has 0 radical (unpaired) electrons. The normalized spacial score (nSPS) is 15.9. The van der Waals surface area contributed by atoms with Crippen LogP contribution in [0.15, 0.2) is 53.4 Å². The van der Waals surface area contributed by atoms with E-state index in [9.17, 15) is 9.59 Å². The number of para-hydroxylation sites is 1. The molecule has 1 unspecified atom stereocenters. The average molecular weight is 378 g/mol. The van der Waals surface area contributed by atoms with Crippen LogP contribution in [-0.4, -0.2) is 30.3 Å². The molecule has 0 spiro atoms. The standard InChI is InChI=1S/C18H16ClNO4S/c19-12-5-7-13(8-6-12)23-9-10-24-17(21)11-16-18(22)20-14-3-1-2-4-15(14)25-16/h1-8,16H,9-11H2,(H,20,22). The van der Waals surface area contributed by atoms with Crippen molar-refractivity contribution in [2.75, 3.05) is 18.5 Å². The number of amides is 1. The van der Waals surface area contributed by atoms with E-state index in [0.717, 1.165) is 10.6 Å². The van der Waals surface area contributed by atoms with E-state index in [2.05, 4.69) is 5.32 Å². The number of carbonyl (C=O) groups is 2. The van der Waals surface area contributed by atoms with Crippen LogP contribution in [0.1, 0.15) is 6.42 Å². The van der Waals surface area contributed by atoms with Crippen LogP contribution in [0.2, 0.25) is 5.02 Å². The number of halogens is 1. The second kappa shape index (κ2) is 8.27. The Balaban J connectivity index is 1.42. The Hall–Kier alpha value is -2.18. The number of fused-ring (bicyclic) bond motifs is 1. The lowest BCUT2D eigenvalue weighted by molar-refractivity contribution is -0.145. The van der Waals surface area contributed by atoms with Crippen LogP contribution < -0.4 is 10.1 Å². The first-order chi connectivity index (χ1) is 12.1. The van der Waals surface area contributed by atoms with E-state index in [1.807, 2.05) is 24.3 Å². The minimum absolute atomic E-state index is 0.0196. The zero-order chi connectivity index (χ0) is 17.6. The van der Waals surface area contributed by atoms with Crippen LogP contribution in [0.3, 0.4) is 0 Å². The predicted molar refractivity (Wildman–Crippen MR) is 97.2 cm³/mol. The van der Waals surface area contributed by atoms with Crippen LogP contribution >= 0.6 is 23.4 Å². The number of esters is 1. The molecule has 1 amide bonds. The Kier molecular flexibility index (Phi) is 5.83. The van der Waals surface area contributed by atoms with Gasteiger partial charge in [-0.3, -0.25) is 9.59 Å². The molecule has 2 aromatic rings. The Morgan fingerprint density at radius 3 is 2.68 bits per heavy atom. The fourth-order valence-corrected chi connectivity index (χ4v) is 3.50. The van der Waals surface area contributed by atoms with Gasteiger partial charge in [0, 0.05) is 9.92 Å². The highest BCUT2D eigenvalue weighted by molar-refractivity contribution is 8.01. The van der Waals surface area contributed by atoms with Crippen LogP contribution in [0.4, 0.5) is 5.69 Å². The SMILES string of the molecule is O=C(CC1Sc2ccccc2NC1=O)OCCOc1ccc(Cl)cc1. The maximum atomic E-state index is 12.1. The average Bonchev–Trinajstić information content (AvgIpc) is 2.61. The van der Waals surface area contributed by atoms with Crippen LogP contribution in [0, 0.1) is 0 Å². The molecular formula is C18H16ClNO4S. The molecule has 25 heavy (non-hydrogen) atoms. The maximum absolute atomic E-state index is 12.1. The van der Waals surface area contributed by atoms with Crippen LogP contribution in [0.5, 0.6) is 5.75 Å². The number of hydrogen-bond acceptors (Lipinski definition) is 5. The van der Waals surface area contributed by atoms with Crippen molar-refractivity contribution in [1.82, 2.24) is 0 Å². The third kappa shape index (κ3) is 4.90. The molecule has 0 saturated heterocycles. The molecule has 0 aliphatic carbocycles. The van der Waals surface area contributed by atoms with Gasteiger partial charge in [0.05, 0.1) is 17.4 Å². The molecule has 0 bridgehead atoms. The van der Waals surface area contributed by atoms with Crippen LogP contribution in [0.25, 0.3) is 0 Å². The van der Waals surface area contributed by atoms with Crippen molar-refractivity contribution in [1.29, 1.82) is 0 Å². The van der Waals surface area contributed by atoms with Gasteiger partial charge in [-0.25, -0.2) is 0 Å². The lowest BCUT2D eigenvalue weighted by atomic mass is 10.2. The summed E-state index contributed by atoms with van der Waals surface area (Å²) < 4.78 is 10.6. The summed E-state index contributed by atoms with van der Waals surface area (Å²) in [5.41, 5.74) is 0.776. The number of anilines is 1. The predicted octanol–water partition coefficient (Wildman–Crippen LogP) is 3.77. The molecule has 1 heterocycles. The summed E-state index contributed by atoms with van der Waals surface area (Å²) in [7, 11) is 0. The third-order valence-electron chi connectivity index (χ3n) is 3.49. The van der Waals surface area contributed by atoms with E-state index < -0.39 is 11.2 Å². The second-order valence-electron chi connectivity index (χ2n) is 5.32. The molecule has 0 saturated carbocycles. The maximum Gasteiger partial charge on any atom is 0.307 e. The summed E-state index contributed by atoms with van der Waals surface area (Å²) in [5.74, 6) is 0.0454. The molecule has 1 aliphatic rings. The summed E-state index contributed by atoms with van der Waals surface area (Å²) in [6.45, 7) is 0.358. The van der Waals surface area contributed by atoms with Gasteiger partial charge in [0.15, 0.2) is 0 Å². The number of hydrogen-bond donors (Lipinski definition) is 1. The van der Waals surface area contributed by atoms with Gasteiger partial charge >= 0.3 is 5.97 Å². The van der Waals surface area contributed by atoms with Crippen molar-refractivity contribution < 1.29 is 19.1 Å². The highest BCUT2D eigenvalue weighted by Gasteiger charge is 2.29. The molecule has 2 aromatic carbocycles. The van der Waals surface area contributed by atoms with E-state index in [0.29, 0.717) is 10.8 Å². The lowest BCUT2D eigenvalue weighted by Crippen LogP contribution is -2.31. The molecule has 0 fully saturated rings. The van der Waals surface area contributed by atoms with Crippen molar-refractivity contribution in [2.24, 2.45) is 0 Å². The van der Waals surface area contributed by atoms with Gasteiger partial charge < -0.3 is 14.8 Å². The summed E-state index contributed by atoms with van der Waals surface area (Å²) in [4.78, 5) is 24.9. The molecule has 1 atom stereocenters. The molecule has 130 valence electrons. The topological polar surface area (TPSA) is 64.6 Å². The monoisotopic (exact) mass is 377 g/mol. The zero-order valence-corrected chi connectivity index (χ0v) is 14.8. The number of thioether (sulfide) groups is 1. The first-order valence-electron chi connectivity index (χ1n) is 7.72. The van der Waals surface area contributed by atoms with E-state index in [1.54, 1.807) is 24.3 Å². The molecule has 0 aromatic heterocycles. The fourth-order valence-electron chi connectivity index (χ4n) is 2.28. The van der Waals surface area contributed by atoms with Gasteiger partial charge in [-0.05, 0) is 36.4 Å². The van der Waals surface area contributed by atoms with Crippen molar-refractivity contribution in [3.8, 4) is 5.75 Å². The molecule has 1 aliphatic heterocycles. The first kappa shape index (κ1) is 17.6. The smallest absolute Gasteiger partial charge is 0.307 e. The Bertz CT molecular complexity index is 766. The number of carbonyl (C=O) groups excluding carboxylic acids is 2. The molecule has 3 rings (SSSR count). The third-order valence-corrected chi connectivity index (χ3v) is 5.01. The first-order valence-corrected chi connectivity index (χ1v) is 8.98. The summed E-state index contributed by atoms with van der Waals surface area (Å²) in [6.07, 6.45) is 0.0196. The van der Waals surface area contributed by atoms with Gasteiger partial charge in [0.25, 0.3) is 0 Å². The minimum Gasteiger partial charge on any atom is -0.490 e. The highest BCUT2D eigenvalue weighted by Crippen LogP contribution is 2.36. The highest BCUT2D eigenvalue weighted by atomic mass is 35.5. The quantitative estimate of drug-likeness (QED) is 0.613. The number of ether oxygens (including phenoxy) is 2. The van der Waals surface area contributed by atoms with E-state index >= 15 is 0 Å². The van der Waals surface area contributed by atoms with Crippen molar-refractivity contribution in [3.05, 3.63) is 53.6 Å². The van der Waals surface area contributed by atoms with E-state index in [-0.39, 0.29) is 25.5 Å². The zero-order valence-electron chi connectivity index (χ0n) is 13.2. The largest absolute Gasteiger partial charge is 0.490 e. The van der Waals surface area contributed by atoms with Gasteiger partial charge in [0.2, 0.25) is 5.91 Å². The molecule has 7 heteroatoms. The Morgan fingerprint density at radius 2 is 1.88 bits per heavy atom.